The van der Waals surface area contributed by atoms with Crippen LogP contribution in [-0.2, 0) is 31.8 Å². The first-order chi connectivity index (χ1) is 21.4. The summed E-state index contributed by atoms with van der Waals surface area (Å²) in [5.41, 5.74) is 0.524. The summed E-state index contributed by atoms with van der Waals surface area (Å²) < 4.78 is 53.5. The van der Waals surface area contributed by atoms with Crippen molar-refractivity contribution in [2.24, 2.45) is 0 Å². The maximum absolute atomic E-state index is 13.6. The number of carboxylic acid groups (broad SMARTS) is 1. The van der Waals surface area contributed by atoms with Crippen molar-refractivity contribution < 1.29 is 41.8 Å². The van der Waals surface area contributed by atoms with Crippen LogP contribution >= 0.6 is 0 Å². The number of esters is 1. The molecule has 45 heavy (non-hydrogen) atoms. The average molecular weight is 629 g/mol. The number of anilines is 2. The molecule has 0 bridgehead atoms. The molecule has 2 atom stereocenters. The van der Waals surface area contributed by atoms with Crippen LogP contribution in [0.2, 0.25) is 0 Å². The molecule has 1 saturated heterocycles. The SMILES string of the molecule is COC(=O)C1=C(C)N(c2cccc(C(F)(F)F)c2)c2n[nH]c(=O)n2C1c1ccc(C#N)cc1C[N+]1(C)CCCOCC1.O=C[O-]. The topological polar surface area (TPSA) is 153 Å². The second-order valence-electron chi connectivity index (χ2n) is 10.8. The third-order valence-electron chi connectivity index (χ3n) is 7.86. The predicted octanol–water partition coefficient (Wildman–Crippen LogP) is 2.38. The molecule has 1 fully saturated rings. The molecular weight excluding hydrogens is 597 g/mol. The van der Waals surface area contributed by atoms with Gasteiger partial charge < -0.3 is 23.9 Å². The van der Waals surface area contributed by atoms with E-state index in [0.717, 1.165) is 37.2 Å². The van der Waals surface area contributed by atoms with Gasteiger partial charge in [0.2, 0.25) is 5.95 Å². The van der Waals surface area contributed by atoms with Crippen LogP contribution in [0.1, 0.15) is 41.6 Å². The number of halogens is 3. The molecule has 0 aliphatic carbocycles. The van der Waals surface area contributed by atoms with Crippen molar-refractivity contribution in [3.8, 4) is 6.07 Å². The summed E-state index contributed by atoms with van der Waals surface area (Å²) in [6.07, 6.45) is -3.77. The molecule has 12 nitrogen and oxygen atoms in total. The number of aromatic amines is 1. The van der Waals surface area contributed by atoms with Crippen LogP contribution in [0.3, 0.4) is 0 Å². The molecule has 1 aromatic heterocycles. The zero-order valence-electron chi connectivity index (χ0n) is 24.8. The lowest BCUT2D eigenvalue weighted by Gasteiger charge is -2.37. The molecule has 3 aromatic rings. The van der Waals surface area contributed by atoms with Crippen LogP contribution < -0.4 is 15.7 Å². The molecule has 1 N–H and O–H groups in total. The zero-order chi connectivity index (χ0) is 32.9. The highest BCUT2D eigenvalue weighted by molar-refractivity contribution is 5.93. The molecule has 0 spiro atoms. The first-order valence-electron chi connectivity index (χ1n) is 13.8. The molecule has 2 aliphatic rings. The Balaban J connectivity index is 0.00000148. The number of hydrogen-bond donors (Lipinski definition) is 1. The Morgan fingerprint density at radius 3 is 2.67 bits per heavy atom. The number of fused-ring (bicyclic) bond motifs is 1. The van der Waals surface area contributed by atoms with E-state index in [0.29, 0.717) is 35.4 Å². The fourth-order valence-corrected chi connectivity index (χ4v) is 5.77. The quantitative estimate of drug-likeness (QED) is 0.255. The number of carbonyl (C=O) groups excluding carboxylic acids is 2. The number of hydrogen-bond acceptors (Lipinski definition) is 9. The molecule has 5 rings (SSSR count). The lowest BCUT2D eigenvalue weighted by molar-refractivity contribution is -0.921. The summed E-state index contributed by atoms with van der Waals surface area (Å²) in [4.78, 5) is 36.4. The van der Waals surface area contributed by atoms with E-state index in [1.165, 1.54) is 28.7 Å². The normalized spacial score (nSPS) is 19.8. The Kier molecular flexibility index (Phi) is 9.79. The van der Waals surface area contributed by atoms with E-state index in [4.69, 9.17) is 19.4 Å². The molecular formula is C30H31F3N6O6. The van der Waals surface area contributed by atoms with E-state index in [1.54, 1.807) is 25.1 Å². The zero-order valence-corrected chi connectivity index (χ0v) is 24.8. The van der Waals surface area contributed by atoms with E-state index >= 15 is 0 Å². The number of carbonyl (C=O) groups is 2. The lowest BCUT2D eigenvalue weighted by Crippen LogP contribution is -2.45. The van der Waals surface area contributed by atoms with Crippen molar-refractivity contribution in [2.75, 3.05) is 45.4 Å². The van der Waals surface area contributed by atoms with Gasteiger partial charge in [0.15, 0.2) is 0 Å². The predicted molar refractivity (Wildman–Crippen MR) is 152 cm³/mol. The molecule has 0 radical (unpaired) electrons. The number of nitriles is 1. The van der Waals surface area contributed by atoms with Gasteiger partial charge in [0.25, 0.3) is 0 Å². The number of methoxy groups -OCH3 is 1. The molecule has 2 aliphatic heterocycles. The van der Waals surface area contributed by atoms with E-state index in [1.807, 2.05) is 0 Å². The standard InChI is InChI=1S/C29H29F3N6O4.CH2O2/c1-18-24(26(39)41-3)25(23-9-8-19(16-33)14-20(23)17-38(2)10-5-12-42-13-11-38)37-27(34-35-28(37)40)36(18)22-7-4-6-21(15-22)29(30,31)32;2-1-3/h4,6-9,14-15,25H,5,10-13,17H2,1-3H3;1H,(H,2,3). The first kappa shape index (κ1) is 33.0. The smallest absolute Gasteiger partial charge is 0.416 e. The van der Waals surface area contributed by atoms with Crippen molar-refractivity contribution in [1.29, 1.82) is 5.26 Å². The minimum absolute atomic E-state index is 0.00774. The average Bonchev–Trinajstić information content (AvgIpc) is 3.24. The highest BCUT2D eigenvalue weighted by Crippen LogP contribution is 2.44. The number of ether oxygens (including phenoxy) is 2. The van der Waals surface area contributed by atoms with Gasteiger partial charge in [-0.05, 0) is 42.8 Å². The minimum Gasteiger partial charge on any atom is -0.554 e. The van der Waals surface area contributed by atoms with Crippen LogP contribution in [0.15, 0.2) is 58.5 Å². The fourth-order valence-electron chi connectivity index (χ4n) is 5.77. The Hall–Kier alpha value is -4.94. The summed E-state index contributed by atoms with van der Waals surface area (Å²) in [7, 11) is 3.29. The third-order valence-corrected chi connectivity index (χ3v) is 7.86. The van der Waals surface area contributed by atoms with Gasteiger partial charge in [-0.1, -0.05) is 12.1 Å². The number of allylic oxidation sites excluding steroid dienone is 1. The number of H-pyrrole nitrogens is 1. The second-order valence-corrected chi connectivity index (χ2v) is 10.8. The van der Waals surface area contributed by atoms with Crippen molar-refractivity contribution in [2.45, 2.75) is 32.1 Å². The number of quaternary nitrogens is 1. The fraction of sp³-hybridized carbons (Fsp3) is 0.367. The van der Waals surface area contributed by atoms with Gasteiger partial charge in [0.1, 0.15) is 19.1 Å². The maximum Gasteiger partial charge on any atom is 0.416 e. The van der Waals surface area contributed by atoms with E-state index in [-0.39, 0.29) is 22.9 Å². The molecule has 0 saturated carbocycles. The number of aromatic nitrogens is 3. The van der Waals surface area contributed by atoms with Crippen molar-refractivity contribution in [3.05, 3.63) is 86.5 Å². The van der Waals surface area contributed by atoms with Crippen LogP contribution in [0, 0.1) is 11.3 Å². The van der Waals surface area contributed by atoms with Crippen LogP contribution in [-0.4, -0.2) is 72.1 Å². The molecule has 2 aromatic carbocycles. The Morgan fingerprint density at radius 2 is 2.00 bits per heavy atom. The summed E-state index contributed by atoms with van der Waals surface area (Å²) in [6, 6.07) is 10.8. The molecule has 15 heteroatoms. The van der Waals surface area contributed by atoms with Crippen molar-refractivity contribution >= 4 is 24.1 Å². The Morgan fingerprint density at radius 1 is 1.27 bits per heavy atom. The molecule has 3 heterocycles. The van der Waals surface area contributed by atoms with Crippen molar-refractivity contribution in [3.63, 3.8) is 0 Å². The van der Waals surface area contributed by atoms with Gasteiger partial charge in [0, 0.05) is 29.8 Å². The van der Waals surface area contributed by atoms with Crippen LogP contribution in [0.25, 0.3) is 0 Å². The molecule has 238 valence electrons. The highest BCUT2D eigenvalue weighted by Gasteiger charge is 2.41. The minimum atomic E-state index is -4.61. The highest BCUT2D eigenvalue weighted by atomic mass is 19.4. The van der Waals surface area contributed by atoms with Crippen molar-refractivity contribution in [1.82, 2.24) is 14.8 Å². The van der Waals surface area contributed by atoms with Gasteiger partial charge in [-0.2, -0.15) is 18.4 Å². The van der Waals surface area contributed by atoms with Crippen LogP contribution in [0.4, 0.5) is 24.8 Å². The van der Waals surface area contributed by atoms with E-state index < -0.39 is 35.9 Å². The number of alkyl halides is 3. The second kappa shape index (κ2) is 13.4. The number of nitrogens with one attached hydrogen (secondary N) is 1. The number of nitrogens with zero attached hydrogens (tertiary/aromatic N) is 5. The van der Waals surface area contributed by atoms with Crippen LogP contribution in [0.5, 0.6) is 0 Å². The number of benzene rings is 2. The van der Waals surface area contributed by atoms with E-state index in [2.05, 4.69) is 23.3 Å². The summed E-state index contributed by atoms with van der Waals surface area (Å²) >= 11 is 0. The Bertz CT molecular complexity index is 1700. The molecule has 0 amide bonds. The number of likely N-dealkylation sites (N-methyl/N-ethyl adjacent to an activating group) is 1. The maximum atomic E-state index is 13.6. The lowest BCUT2D eigenvalue weighted by atomic mass is 9.89. The van der Waals surface area contributed by atoms with Gasteiger partial charge in [-0.3, -0.25) is 4.90 Å². The Labute approximate surface area is 256 Å². The molecule has 2 unspecified atom stereocenters. The van der Waals surface area contributed by atoms with Gasteiger partial charge in [0.05, 0.1) is 56.7 Å². The number of rotatable bonds is 5. The van der Waals surface area contributed by atoms with Gasteiger partial charge >= 0.3 is 17.8 Å². The monoisotopic (exact) mass is 628 g/mol. The van der Waals surface area contributed by atoms with Gasteiger partial charge in [-0.25, -0.2) is 19.3 Å². The first-order valence-corrected chi connectivity index (χ1v) is 13.8. The third kappa shape index (κ3) is 6.76. The van der Waals surface area contributed by atoms with Gasteiger partial charge in [-0.15, -0.1) is 5.10 Å². The summed E-state index contributed by atoms with van der Waals surface area (Å²) in [5.74, 6) is -0.750. The summed E-state index contributed by atoms with van der Waals surface area (Å²) in [6.45, 7) is 4.31. The van der Waals surface area contributed by atoms with E-state index in [9.17, 15) is 28.0 Å². The summed E-state index contributed by atoms with van der Waals surface area (Å²) in [5, 5.41) is 24.5. The largest absolute Gasteiger partial charge is 0.554 e.